The minimum absolute atomic E-state index is 0.0531. The molecular weight excluding hydrogens is 461 g/mol. The first kappa shape index (κ1) is 17.6. The van der Waals surface area contributed by atoms with Crippen LogP contribution in [-0.2, 0) is 0 Å². The Morgan fingerprint density at radius 3 is 2.43 bits per heavy atom. The summed E-state index contributed by atoms with van der Waals surface area (Å²) in [6.45, 7) is 2.46. The molecule has 7 heteroatoms. The Morgan fingerprint density at radius 2 is 1.90 bits per heavy atom. The lowest BCUT2D eigenvalue weighted by atomic mass is 10.0. The van der Waals surface area contributed by atoms with Gasteiger partial charge in [-0.2, -0.15) is 0 Å². The molecule has 0 radical (unpaired) electrons. The van der Waals surface area contributed by atoms with Gasteiger partial charge < -0.3 is 10.1 Å². The summed E-state index contributed by atoms with van der Waals surface area (Å²) >= 11 is 21.4. The van der Waals surface area contributed by atoms with E-state index in [-0.39, 0.29) is 6.04 Å². The van der Waals surface area contributed by atoms with Crippen LogP contribution in [0, 0.1) is 0 Å². The Hall–Kier alpha value is 0.220. The van der Waals surface area contributed by atoms with Gasteiger partial charge in [-0.05, 0) is 69.1 Å². The average molecular weight is 474 g/mol. The molecule has 1 heterocycles. The van der Waals surface area contributed by atoms with Crippen LogP contribution in [0.15, 0.2) is 25.8 Å². The maximum absolute atomic E-state index is 6.42. The second-order valence-electron chi connectivity index (χ2n) is 4.24. The fourth-order valence-electron chi connectivity index (χ4n) is 2.06. The first-order valence-electron chi connectivity index (χ1n) is 6.21. The van der Waals surface area contributed by atoms with Crippen LogP contribution in [0.2, 0.25) is 10.0 Å². The highest BCUT2D eigenvalue weighted by atomic mass is 79.9. The second-order valence-corrected chi connectivity index (χ2v) is 8.80. The lowest BCUT2D eigenvalue weighted by Gasteiger charge is -2.19. The number of hydrogen-bond donors (Lipinski definition) is 1. The lowest BCUT2D eigenvalue weighted by molar-refractivity contribution is 0.340. The van der Waals surface area contributed by atoms with E-state index in [2.05, 4.69) is 43.2 Å². The normalized spacial score (nSPS) is 12.5. The van der Waals surface area contributed by atoms with E-state index in [4.69, 9.17) is 27.9 Å². The minimum Gasteiger partial charge on any atom is -0.492 e. The summed E-state index contributed by atoms with van der Waals surface area (Å²) in [6.07, 6.45) is 0. The standard InChI is InChI=1S/C14H13Br2Cl2NOS/c1-3-20-11-6-9(17)7(4-10(11)18)13(19-2)8-5-12(15)21-14(8)16/h4-6,13,19H,3H2,1-2H3. The molecule has 0 aliphatic heterocycles. The molecule has 1 aromatic carbocycles. The van der Waals surface area contributed by atoms with Gasteiger partial charge in [0.15, 0.2) is 0 Å². The summed E-state index contributed by atoms with van der Waals surface area (Å²) in [4.78, 5) is 0. The minimum atomic E-state index is -0.0531. The third kappa shape index (κ3) is 3.95. The van der Waals surface area contributed by atoms with Crippen molar-refractivity contribution in [2.45, 2.75) is 13.0 Å². The molecule has 1 N–H and O–H groups in total. The molecule has 2 nitrogen and oxygen atoms in total. The van der Waals surface area contributed by atoms with Crippen molar-refractivity contribution >= 4 is 66.4 Å². The van der Waals surface area contributed by atoms with E-state index in [1.54, 1.807) is 17.4 Å². The van der Waals surface area contributed by atoms with Crippen molar-refractivity contribution in [1.29, 1.82) is 0 Å². The third-order valence-corrected chi connectivity index (χ3v) is 5.95. The fourth-order valence-corrected chi connectivity index (χ4v) is 5.45. The molecule has 0 saturated carbocycles. The Bertz CT molecular complexity index is 648. The van der Waals surface area contributed by atoms with Crippen molar-refractivity contribution in [3.63, 3.8) is 0 Å². The first-order valence-corrected chi connectivity index (χ1v) is 9.37. The number of rotatable bonds is 5. The summed E-state index contributed by atoms with van der Waals surface area (Å²) in [7, 11) is 1.89. The predicted molar refractivity (Wildman–Crippen MR) is 98.3 cm³/mol. The molecule has 2 aromatic rings. The summed E-state index contributed by atoms with van der Waals surface area (Å²) in [6, 6.07) is 5.63. The molecule has 0 aliphatic carbocycles. The van der Waals surface area contributed by atoms with E-state index < -0.39 is 0 Å². The zero-order chi connectivity index (χ0) is 15.6. The number of ether oxygens (including phenoxy) is 1. The molecular formula is C14H13Br2Cl2NOS. The van der Waals surface area contributed by atoms with Gasteiger partial charge in [-0.25, -0.2) is 0 Å². The number of halogens is 4. The molecule has 0 bridgehead atoms. The third-order valence-electron chi connectivity index (χ3n) is 2.94. The Kier molecular flexibility index (Phi) is 6.41. The van der Waals surface area contributed by atoms with Crippen molar-refractivity contribution in [2.75, 3.05) is 13.7 Å². The van der Waals surface area contributed by atoms with Crippen LogP contribution in [-0.4, -0.2) is 13.7 Å². The molecule has 0 spiro atoms. The molecule has 0 amide bonds. The highest BCUT2D eigenvalue weighted by molar-refractivity contribution is 9.12. The van der Waals surface area contributed by atoms with Gasteiger partial charge in [0.1, 0.15) is 5.75 Å². The van der Waals surface area contributed by atoms with Crippen molar-refractivity contribution in [2.24, 2.45) is 0 Å². The summed E-state index contributed by atoms with van der Waals surface area (Å²) in [5, 5.41) is 4.46. The van der Waals surface area contributed by atoms with Gasteiger partial charge in [0.2, 0.25) is 0 Å². The van der Waals surface area contributed by atoms with Crippen molar-refractivity contribution in [3.05, 3.63) is 46.9 Å². The van der Waals surface area contributed by atoms with Gasteiger partial charge in [0.05, 0.1) is 25.2 Å². The maximum Gasteiger partial charge on any atom is 0.139 e. The predicted octanol–water partition coefficient (Wildman–Crippen LogP) is 6.29. The van der Waals surface area contributed by atoms with Gasteiger partial charge >= 0.3 is 0 Å². The van der Waals surface area contributed by atoms with Crippen LogP contribution >= 0.6 is 66.4 Å². The quantitative estimate of drug-likeness (QED) is 0.551. The molecule has 0 fully saturated rings. The van der Waals surface area contributed by atoms with Crippen molar-refractivity contribution in [1.82, 2.24) is 5.32 Å². The van der Waals surface area contributed by atoms with Gasteiger partial charge in [-0.15, -0.1) is 11.3 Å². The molecule has 1 atom stereocenters. The van der Waals surface area contributed by atoms with Gasteiger partial charge in [-0.1, -0.05) is 23.2 Å². The monoisotopic (exact) mass is 471 g/mol. The Balaban J connectivity index is 2.48. The van der Waals surface area contributed by atoms with E-state index >= 15 is 0 Å². The van der Waals surface area contributed by atoms with Gasteiger partial charge in [0, 0.05) is 11.1 Å². The maximum atomic E-state index is 6.42. The zero-order valence-electron chi connectivity index (χ0n) is 11.3. The molecule has 1 aromatic heterocycles. The Labute approximate surface area is 155 Å². The van der Waals surface area contributed by atoms with Gasteiger partial charge in [0.25, 0.3) is 0 Å². The molecule has 0 saturated heterocycles. The van der Waals surface area contributed by atoms with E-state index in [1.165, 1.54) is 0 Å². The fraction of sp³-hybridized carbons (Fsp3) is 0.286. The number of benzene rings is 1. The molecule has 1 unspecified atom stereocenters. The van der Waals surface area contributed by atoms with Crippen LogP contribution in [0.4, 0.5) is 0 Å². The second kappa shape index (κ2) is 7.66. The van der Waals surface area contributed by atoms with Crippen molar-refractivity contribution < 1.29 is 4.74 Å². The highest BCUT2D eigenvalue weighted by Crippen LogP contribution is 2.41. The lowest BCUT2D eigenvalue weighted by Crippen LogP contribution is -2.18. The first-order chi connectivity index (χ1) is 9.97. The molecule has 2 rings (SSSR count). The molecule has 0 aliphatic rings. The van der Waals surface area contributed by atoms with Gasteiger partial charge in [-0.3, -0.25) is 0 Å². The van der Waals surface area contributed by atoms with Crippen molar-refractivity contribution in [3.8, 4) is 5.75 Å². The number of nitrogens with one attached hydrogen (secondary N) is 1. The summed E-state index contributed by atoms with van der Waals surface area (Å²) < 4.78 is 7.57. The van der Waals surface area contributed by atoms with Crippen LogP contribution in [0.25, 0.3) is 0 Å². The average Bonchev–Trinajstić information content (AvgIpc) is 2.75. The summed E-state index contributed by atoms with van der Waals surface area (Å²) in [5.41, 5.74) is 2.02. The molecule has 21 heavy (non-hydrogen) atoms. The van der Waals surface area contributed by atoms with Crippen LogP contribution in [0.3, 0.4) is 0 Å². The van der Waals surface area contributed by atoms with E-state index in [0.717, 1.165) is 18.7 Å². The summed E-state index contributed by atoms with van der Waals surface area (Å²) in [5.74, 6) is 0.605. The van der Waals surface area contributed by atoms with E-state index in [0.29, 0.717) is 22.4 Å². The zero-order valence-corrected chi connectivity index (χ0v) is 16.8. The van der Waals surface area contributed by atoms with Crippen LogP contribution in [0.1, 0.15) is 24.1 Å². The van der Waals surface area contributed by atoms with E-state index in [1.807, 2.05) is 20.0 Å². The van der Waals surface area contributed by atoms with Crippen LogP contribution in [0.5, 0.6) is 5.75 Å². The largest absolute Gasteiger partial charge is 0.492 e. The number of hydrogen-bond acceptors (Lipinski definition) is 3. The molecule has 114 valence electrons. The SMILES string of the molecule is CCOc1cc(Cl)c(C(NC)c2cc(Br)sc2Br)cc1Cl. The smallest absolute Gasteiger partial charge is 0.139 e. The Morgan fingerprint density at radius 1 is 1.19 bits per heavy atom. The topological polar surface area (TPSA) is 21.3 Å². The highest BCUT2D eigenvalue weighted by Gasteiger charge is 2.21. The number of thiophene rings is 1. The van der Waals surface area contributed by atoms with Crippen LogP contribution < -0.4 is 10.1 Å². The van der Waals surface area contributed by atoms with E-state index in [9.17, 15) is 0 Å².